The van der Waals surface area contributed by atoms with Gasteiger partial charge in [0.05, 0.1) is 6.04 Å². The molecule has 1 amide bonds. The van der Waals surface area contributed by atoms with Crippen LogP contribution < -0.4 is 5.32 Å². The maximum Gasteiger partial charge on any atom is 0.253 e. The highest BCUT2D eigenvalue weighted by atomic mass is 16.2. The second kappa shape index (κ2) is 7.82. The van der Waals surface area contributed by atoms with E-state index in [1.807, 2.05) is 18.2 Å². The van der Waals surface area contributed by atoms with Gasteiger partial charge in [-0.2, -0.15) is 0 Å². The van der Waals surface area contributed by atoms with Crippen LogP contribution in [0, 0.1) is 0 Å². The van der Waals surface area contributed by atoms with Crippen molar-refractivity contribution in [2.24, 2.45) is 0 Å². The zero-order valence-corrected chi connectivity index (χ0v) is 16.4. The molecule has 1 N–H and O–H groups in total. The summed E-state index contributed by atoms with van der Waals surface area (Å²) in [5.74, 6) is 0.0412. The van der Waals surface area contributed by atoms with E-state index in [1.54, 1.807) is 0 Å². The van der Waals surface area contributed by atoms with Crippen LogP contribution >= 0.6 is 0 Å². The first-order valence-electron chi connectivity index (χ1n) is 10.3. The lowest BCUT2D eigenvalue weighted by atomic mass is 9.96. The second-order valence-corrected chi connectivity index (χ2v) is 7.76. The van der Waals surface area contributed by atoms with Crippen molar-refractivity contribution in [3.05, 3.63) is 107 Å². The molecule has 1 atom stereocenters. The van der Waals surface area contributed by atoms with Gasteiger partial charge < -0.3 is 5.32 Å². The minimum absolute atomic E-state index is 0.00671. The fourth-order valence-corrected chi connectivity index (χ4v) is 4.65. The number of nitrogens with zero attached hydrogens (tertiary/aromatic N) is 2. The van der Waals surface area contributed by atoms with Gasteiger partial charge in [-0.05, 0) is 17.2 Å². The summed E-state index contributed by atoms with van der Waals surface area (Å²) in [5.41, 5.74) is 4.57. The minimum atomic E-state index is -0.00671. The number of carbonyl (C=O) groups excluding carboxylic acids is 1. The molecule has 3 aromatic rings. The molecule has 0 radical (unpaired) electrons. The first kappa shape index (κ1) is 18.1. The molecule has 4 nitrogen and oxygen atoms in total. The zero-order valence-electron chi connectivity index (χ0n) is 16.4. The van der Waals surface area contributed by atoms with Crippen LogP contribution in [0.25, 0.3) is 0 Å². The predicted molar refractivity (Wildman–Crippen MR) is 115 cm³/mol. The summed E-state index contributed by atoms with van der Waals surface area (Å²) in [6, 6.07) is 29.7. The Balaban J connectivity index is 1.36. The molecule has 5 rings (SSSR count). The van der Waals surface area contributed by atoms with Gasteiger partial charge in [-0.25, -0.2) is 0 Å². The lowest BCUT2D eigenvalue weighted by Gasteiger charge is -2.41. The van der Waals surface area contributed by atoms with Crippen LogP contribution in [0.4, 0.5) is 0 Å². The van der Waals surface area contributed by atoms with Gasteiger partial charge in [0.25, 0.3) is 5.91 Å². The van der Waals surface area contributed by atoms with Crippen molar-refractivity contribution in [3.63, 3.8) is 0 Å². The van der Waals surface area contributed by atoms with Gasteiger partial charge >= 0.3 is 0 Å². The van der Waals surface area contributed by atoms with Crippen molar-refractivity contribution >= 4 is 5.91 Å². The first-order valence-corrected chi connectivity index (χ1v) is 10.3. The van der Waals surface area contributed by atoms with E-state index in [-0.39, 0.29) is 18.1 Å². The molecular weight excluding hydrogens is 358 g/mol. The molecule has 0 saturated carbocycles. The Bertz CT molecular complexity index is 942. The Labute approximate surface area is 171 Å². The molecule has 0 spiro atoms. The number of hydrogen-bond donors (Lipinski definition) is 1. The summed E-state index contributed by atoms with van der Waals surface area (Å²) in [6.07, 6.45) is -0.00671. The number of rotatable bonds is 4. The third-order valence-electron chi connectivity index (χ3n) is 6.08. The Morgan fingerprint density at radius 1 is 0.724 bits per heavy atom. The highest BCUT2D eigenvalue weighted by Gasteiger charge is 2.35. The summed E-state index contributed by atoms with van der Waals surface area (Å²) >= 11 is 0. The molecule has 1 unspecified atom stereocenters. The van der Waals surface area contributed by atoms with Crippen LogP contribution in [0.15, 0.2) is 84.9 Å². The van der Waals surface area contributed by atoms with E-state index >= 15 is 0 Å². The van der Waals surface area contributed by atoms with E-state index in [4.69, 9.17) is 0 Å². The van der Waals surface area contributed by atoms with Gasteiger partial charge in [0.1, 0.15) is 6.17 Å². The lowest BCUT2D eigenvalue weighted by molar-refractivity contribution is 0.0635. The normalized spacial score (nSPS) is 19.9. The number of piperazine rings is 1. The SMILES string of the molecule is O=C1NC(N2CCN(C(c3ccccc3)c3ccccc3)CC2)c2ccccc21. The van der Waals surface area contributed by atoms with Gasteiger partial charge in [0.15, 0.2) is 0 Å². The zero-order chi connectivity index (χ0) is 19.6. The maximum absolute atomic E-state index is 12.3. The Morgan fingerprint density at radius 2 is 1.28 bits per heavy atom. The lowest BCUT2D eigenvalue weighted by Crippen LogP contribution is -2.50. The number of fused-ring (bicyclic) bond motifs is 1. The smallest absolute Gasteiger partial charge is 0.253 e. The molecule has 2 aliphatic heterocycles. The van der Waals surface area contributed by atoms with Crippen molar-refractivity contribution in [3.8, 4) is 0 Å². The van der Waals surface area contributed by atoms with E-state index in [1.165, 1.54) is 11.1 Å². The van der Waals surface area contributed by atoms with Crippen molar-refractivity contribution in [2.45, 2.75) is 12.2 Å². The standard InChI is InChI=1S/C25H25N3O/c29-25-22-14-8-7-13-21(22)24(26-25)28-17-15-27(16-18-28)23(19-9-3-1-4-10-19)20-11-5-2-6-12-20/h1-14,23-24H,15-18H2,(H,26,29). The quantitative estimate of drug-likeness (QED) is 0.744. The number of amides is 1. The number of hydrogen-bond acceptors (Lipinski definition) is 3. The molecule has 1 saturated heterocycles. The average Bonchev–Trinajstić information content (AvgIpc) is 3.13. The van der Waals surface area contributed by atoms with Crippen LogP contribution in [0.1, 0.15) is 39.3 Å². The Kier molecular flexibility index (Phi) is 4.88. The van der Waals surface area contributed by atoms with Crippen molar-refractivity contribution < 1.29 is 4.79 Å². The van der Waals surface area contributed by atoms with Crippen molar-refractivity contribution in [1.82, 2.24) is 15.1 Å². The predicted octanol–water partition coefficient (Wildman–Crippen LogP) is 3.84. The third kappa shape index (κ3) is 3.46. The topological polar surface area (TPSA) is 35.6 Å². The minimum Gasteiger partial charge on any atom is -0.332 e. The van der Waals surface area contributed by atoms with Crippen LogP contribution in [0.3, 0.4) is 0 Å². The van der Waals surface area contributed by atoms with E-state index in [0.29, 0.717) is 0 Å². The summed E-state index contributed by atoms with van der Waals surface area (Å²) in [4.78, 5) is 17.3. The van der Waals surface area contributed by atoms with Gasteiger partial charge in [-0.3, -0.25) is 14.6 Å². The molecule has 3 aromatic carbocycles. The van der Waals surface area contributed by atoms with Crippen molar-refractivity contribution in [2.75, 3.05) is 26.2 Å². The molecule has 0 aliphatic carbocycles. The molecule has 4 heteroatoms. The monoisotopic (exact) mass is 383 g/mol. The largest absolute Gasteiger partial charge is 0.332 e. The van der Waals surface area contributed by atoms with Gasteiger partial charge in [0.2, 0.25) is 0 Å². The van der Waals surface area contributed by atoms with Gasteiger partial charge in [0, 0.05) is 37.3 Å². The Hall–Kier alpha value is -2.95. The molecule has 2 heterocycles. The highest BCUT2D eigenvalue weighted by molar-refractivity contribution is 5.99. The summed E-state index contributed by atoms with van der Waals surface area (Å²) in [7, 11) is 0. The van der Waals surface area contributed by atoms with Crippen LogP contribution in [-0.2, 0) is 0 Å². The summed E-state index contributed by atoms with van der Waals surface area (Å²) < 4.78 is 0. The third-order valence-corrected chi connectivity index (χ3v) is 6.08. The van der Waals surface area contributed by atoms with Gasteiger partial charge in [-0.15, -0.1) is 0 Å². The molecule has 0 aromatic heterocycles. The Morgan fingerprint density at radius 3 is 1.90 bits per heavy atom. The molecule has 2 aliphatic rings. The fourth-order valence-electron chi connectivity index (χ4n) is 4.65. The first-order chi connectivity index (χ1) is 14.3. The fraction of sp³-hybridized carbons (Fsp3) is 0.240. The average molecular weight is 383 g/mol. The van der Waals surface area contributed by atoms with E-state index in [0.717, 1.165) is 37.3 Å². The van der Waals surface area contributed by atoms with Crippen molar-refractivity contribution in [1.29, 1.82) is 0 Å². The second-order valence-electron chi connectivity index (χ2n) is 7.76. The molecule has 29 heavy (non-hydrogen) atoms. The highest BCUT2D eigenvalue weighted by Crippen LogP contribution is 2.32. The van der Waals surface area contributed by atoms with E-state index < -0.39 is 0 Å². The number of benzene rings is 3. The summed E-state index contributed by atoms with van der Waals surface area (Å²) in [6.45, 7) is 3.77. The number of nitrogens with one attached hydrogen (secondary N) is 1. The van der Waals surface area contributed by atoms with Crippen LogP contribution in [-0.4, -0.2) is 41.9 Å². The van der Waals surface area contributed by atoms with E-state index in [2.05, 4.69) is 81.8 Å². The van der Waals surface area contributed by atoms with Crippen LogP contribution in [0.5, 0.6) is 0 Å². The molecular formula is C25H25N3O. The number of carbonyl (C=O) groups is 1. The maximum atomic E-state index is 12.3. The summed E-state index contributed by atoms with van der Waals surface area (Å²) in [5, 5.41) is 3.16. The van der Waals surface area contributed by atoms with E-state index in [9.17, 15) is 4.79 Å². The molecule has 146 valence electrons. The van der Waals surface area contributed by atoms with Gasteiger partial charge in [-0.1, -0.05) is 78.9 Å². The molecule has 0 bridgehead atoms. The molecule has 1 fully saturated rings. The van der Waals surface area contributed by atoms with Crippen LogP contribution in [0.2, 0.25) is 0 Å².